The van der Waals surface area contributed by atoms with Gasteiger partial charge in [0.15, 0.2) is 0 Å². The Balaban J connectivity index is 1.51. The third-order valence-electron chi connectivity index (χ3n) is 4.32. The first kappa shape index (κ1) is 15.5. The maximum absolute atomic E-state index is 6.27. The van der Waals surface area contributed by atoms with Crippen LogP contribution in [0, 0.1) is 0 Å². The van der Waals surface area contributed by atoms with Crippen molar-refractivity contribution in [3.63, 3.8) is 0 Å². The van der Waals surface area contributed by atoms with Gasteiger partial charge >= 0.3 is 0 Å². The van der Waals surface area contributed by atoms with Crippen LogP contribution in [0.4, 0.5) is 0 Å². The molecule has 1 atom stereocenters. The highest BCUT2D eigenvalue weighted by atomic mass is 35.5. The predicted molar refractivity (Wildman–Crippen MR) is 95.0 cm³/mol. The number of hydrogen-bond donors (Lipinski definition) is 0. The summed E-state index contributed by atoms with van der Waals surface area (Å²) < 4.78 is 5.90. The highest BCUT2D eigenvalue weighted by molar-refractivity contribution is 6.35. The maximum atomic E-state index is 6.27. The van der Waals surface area contributed by atoms with Gasteiger partial charge in [0.05, 0.1) is 28.9 Å². The Bertz CT molecular complexity index is 840. The summed E-state index contributed by atoms with van der Waals surface area (Å²) in [4.78, 5) is 11.3. The number of hydrogen-bond acceptors (Lipinski definition) is 4. The molecular weight excluding hydrogens is 322 g/mol. The van der Waals surface area contributed by atoms with Crippen molar-refractivity contribution in [2.24, 2.45) is 0 Å². The van der Waals surface area contributed by atoms with E-state index in [0.29, 0.717) is 11.6 Å². The van der Waals surface area contributed by atoms with Gasteiger partial charge in [-0.2, -0.15) is 0 Å². The molecule has 0 bridgehead atoms. The summed E-state index contributed by atoms with van der Waals surface area (Å²) >= 11 is 6.27. The predicted octanol–water partition coefficient (Wildman–Crippen LogP) is 3.86. The molecule has 0 unspecified atom stereocenters. The van der Waals surface area contributed by atoms with Crippen molar-refractivity contribution in [3.05, 3.63) is 71.1 Å². The molecule has 5 heteroatoms. The number of halogens is 1. The zero-order valence-corrected chi connectivity index (χ0v) is 14.0. The van der Waals surface area contributed by atoms with Crippen LogP contribution < -0.4 is 0 Å². The van der Waals surface area contributed by atoms with Crippen LogP contribution in [0.2, 0.25) is 5.02 Å². The van der Waals surface area contributed by atoms with Crippen molar-refractivity contribution in [1.29, 1.82) is 0 Å². The second kappa shape index (κ2) is 6.85. The molecule has 4 nitrogen and oxygen atoms in total. The van der Waals surface area contributed by atoms with Crippen LogP contribution in [0.3, 0.4) is 0 Å². The monoisotopic (exact) mass is 339 g/mol. The van der Waals surface area contributed by atoms with Gasteiger partial charge in [0.2, 0.25) is 0 Å². The third kappa shape index (κ3) is 3.26. The molecule has 1 fully saturated rings. The van der Waals surface area contributed by atoms with Crippen molar-refractivity contribution in [2.75, 3.05) is 19.7 Å². The number of benzene rings is 1. The number of pyridine rings is 2. The molecule has 0 N–H and O–H groups in total. The number of rotatable bonds is 3. The first-order valence-electron chi connectivity index (χ1n) is 8.07. The number of morpholine rings is 1. The van der Waals surface area contributed by atoms with Gasteiger partial charge in [-0.25, -0.2) is 4.98 Å². The van der Waals surface area contributed by atoms with Crippen molar-refractivity contribution >= 4 is 22.5 Å². The van der Waals surface area contributed by atoms with Crippen LogP contribution in [0.1, 0.15) is 17.4 Å². The number of ether oxygens (including phenoxy) is 1. The molecule has 0 spiro atoms. The zero-order valence-electron chi connectivity index (χ0n) is 13.2. The Hall–Kier alpha value is -2.01. The molecule has 1 aliphatic heterocycles. The molecule has 2 aromatic heterocycles. The first-order valence-corrected chi connectivity index (χ1v) is 8.45. The molecule has 3 heterocycles. The van der Waals surface area contributed by atoms with Gasteiger partial charge in [0.25, 0.3) is 0 Å². The SMILES string of the molecule is Clc1cccc2ccc(CN3CCO[C@H](c4cccnc4)C3)nc12. The Labute approximate surface area is 146 Å². The van der Waals surface area contributed by atoms with E-state index in [1.165, 1.54) is 0 Å². The lowest BCUT2D eigenvalue weighted by molar-refractivity contribution is -0.0334. The van der Waals surface area contributed by atoms with Crippen LogP contribution in [0.15, 0.2) is 54.9 Å². The van der Waals surface area contributed by atoms with Crippen molar-refractivity contribution in [2.45, 2.75) is 12.6 Å². The molecule has 0 radical (unpaired) electrons. The maximum Gasteiger partial charge on any atom is 0.0967 e. The Kier molecular flexibility index (Phi) is 4.43. The highest BCUT2D eigenvalue weighted by Gasteiger charge is 2.22. The first-order chi connectivity index (χ1) is 11.8. The van der Waals surface area contributed by atoms with E-state index in [9.17, 15) is 0 Å². The second-order valence-corrected chi connectivity index (χ2v) is 6.40. The fourth-order valence-electron chi connectivity index (χ4n) is 3.08. The quantitative estimate of drug-likeness (QED) is 0.726. The number of nitrogens with zero attached hydrogens (tertiary/aromatic N) is 3. The lowest BCUT2D eigenvalue weighted by Gasteiger charge is -2.32. The minimum Gasteiger partial charge on any atom is -0.371 e. The molecule has 0 amide bonds. The van der Waals surface area contributed by atoms with Gasteiger partial charge in [-0.05, 0) is 18.2 Å². The summed E-state index contributed by atoms with van der Waals surface area (Å²) in [6.45, 7) is 3.25. The molecular formula is C19H18ClN3O. The minimum atomic E-state index is 0.0662. The summed E-state index contributed by atoms with van der Waals surface area (Å²) in [7, 11) is 0. The molecule has 122 valence electrons. The number of aromatic nitrogens is 2. The van der Waals surface area contributed by atoms with E-state index < -0.39 is 0 Å². The third-order valence-corrected chi connectivity index (χ3v) is 4.63. The molecule has 0 saturated carbocycles. The summed E-state index contributed by atoms with van der Waals surface area (Å²) in [5.74, 6) is 0. The Morgan fingerprint density at radius 2 is 2.12 bits per heavy atom. The van der Waals surface area contributed by atoms with E-state index >= 15 is 0 Å². The van der Waals surface area contributed by atoms with Crippen LogP contribution in [0.5, 0.6) is 0 Å². The average Bonchev–Trinajstić information content (AvgIpc) is 2.63. The standard InChI is InChI=1S/C19H18ClN3O/c20-17-5-1-3-14-6-7-16(22-19(14)17)12-23-9-10-24-18(13-23)15-4-2-8-21-11-15/h1-8,11,18H,9-10,12-13H2/t18-/m0/s1. The topological polar surface area (TPSA) is 38.2 Å². The fourth-order valence-corrected chi connectivity index (χ4v) is 3.31. The average molecular weight is 340 g/mol. The summed E-state index contributed by atoms with van der Waals surface area (Å²) in [5, 5.41) is 1.77. The highest BCUT2D eigenvalue weighted by Crippen LogP contribution is 2.24. The molecule has 3 aromatic rings. The van der Waals surface area contributed by atoms with Crippen LogP contribution in [-0.4, -0.2) is 34.6 Å². The number of fused-ring (bicyclic) bond motifs is 1. The molecule has 4 rings (SSSR count). The lowest BCUT2D eigenvalue weighted by atomic mass is 10.1. The molecule has 1 saturated heterocycles. The second-order valence-electron chi connectivity index (χ2n) is 6.00. The van der Waals surface area contributed by atoms with Crippen LogP contribution in [0.25, 0.3) is 10.9 Å². The van der Waals surface area contributed by atoms with E-state index in [0.717, 1.165) is 41.8 Å². The fraction of sp³-hybridized carbons (Fsp3) is 0.263. The van der Waals surface area contributed by atoms with E-state index in [4.69, 9.17) is 21.3 Å². The number of para-hydroxylation sites is 1. The van der Waals surface area contributed by atoms with Gasteiger partial charge in [-0.1, -0.05) is 35.9 Å². The van der Waals surface area contributed by atoms with Crippen molar-refractivity contribution < 1.29 is 4.74 Å². The smallest absolute Gasteiger partial charge is 0.0967 e. The van der Waals surface area contributed by atoms with E-state index in [2.05, 4.69) is 28.1 Å². The van der Waals surface area contributed by atoms with E-state index in [-0.39, 0.29) is 6.10 Å². The van der Waals surface area contributed by atoms with Gasteiger partial charge < -0.3 is 4.74 Å². The van der Waals surface area contributed by atoms with Crippen molar-refractivity contribution in [1.82, 2.24) is 14.9 Å². The Morgan fingerprint density at radius 1 is 1.17 bits per heavy atom. The van der Waals surface area contributed by atoms with Crippen LogP contribution >= 0.6 is 11.6 Å². The normalized spacial score (nSPS) is 18.8. The van der Waals surface area contributed by atoms with Crippen LogP contribution in [-0.2, 0) is 11.3 Å². The summed E-state index contributed by atoms with van der Waals surface area (Å²) in [6.07, 6.45) is 3.73. The van der Waals surface area contributed by atoms with Gasteiger partial charge in [0.1, 0.15) is 0 Å². The summed E-state index contributed by atoms with van der Waals surface area (Å²) in [5.41, 5.74) is 3.02. The van der Waals surface area contributed by atoms with Crippen molar-refractivity contribution in [3.8, 4) is 0 Å². The van der Waals surface area contributed by atoms with E-state index in [1.54, 1.807) is 6.20 Å². The summed E-state index contributed by atoms with van der Waals surface area (Å²) in [6, 6.07) is 14.0. The molecule has 1 aromatic carbocycles. The lowest BCUT2D eigenvalue weighted by Crippen LogP contribution is -2.38. The van der Waals surface area contributed by atoms with Gasteiger partial charge in [0, 0.05) is 43.0 Å². The minimum absolute atomic E-state index is 0.0662. The largest absolute Gasteiger partial charge is 0.371 e. The van der Waals surface area contributed by atoms with Gasteiger partial charge in [-0.3, -0.25) is 9.88 Å². The van der Waals surface area contributed by atoms with Gasteiger partial charge in [-0.15, -0.1) is 0 Å². The molecule has 0 aliphatic carbocycles. The zero-order chi connectivity index (χ0) is 16.4. The van der Waals surface area contributed by atoms with E-state index in [1.807, 2.05) is 30.5 Å². The Morgan fingerprint density at radius 3 is 3.00 bits per heavy atom. The molecule has 24 heavy (non-hydrogen) atoms. The molecule has 1 aliphatic rings.